The molecule has 0 aliphatic rings. The van der Waals surface area contributed by atoms with E-state index in [1.165, 1.54) is 24.1 Å². The topological polar surface area (TPSA) is 65.7 Å². The standard InChI is InChI=1S/C27H24BrClFN3O3/c1-3-4-9-25-32-23-11-10-19(28)13-21(23)27(34)33(25)31-15-18-12-20(29)14-24(35-2)26(18)36-16-17-7-5-6-8-22(17)30/h5-8,10-15H,3-4,9,16H2,1-2H3. The number of rotatable bonds is 9. The third kappa shape index (κ3) is 5.77. The van der Waals surface area contributed by atoms with Crippen LogP contribution in [0.2, 0.25) is 5.02 Å². The van der Waals surface area contributed by atoms with Gasteiger partial charge in [-0.25, -0.2) is 9.37 Å². The molecule has 0 saturated heterocycles. The van der Waals surface area contributed by atoms with Crippen molar-refractivity contribution in [2.45, 2.75) is 32.8 Å². The maximum Gasteiger partial charge on any atom is 0.282 e. The highest BCUT2D eigenvalue weighted by molar-refractivity contribution is 9.10. The normalized spacial score (nSPS) is 11.4. The molecule has 186 valence electrons. The maximum atomic E-state index is 14.1. The van der Waals surface area contributed by atoms with E-state index in [1.54, 1.807) is 42.5 Å². The predicted molar refractivity (Wildman–Crippen MR) is 144 cm³/mol. The summed E-state index contributed by atoms with van der Waals surface area (Å²) in [6.45, 7) is 2.04. The van der Waals surface area contributed by atoms with Crippen LogP contribution in [0.5, 0.6) is 11.5 Å². The number of methoxy groups -OCH3 is 1. The number of aromatic nitrogens is 2. The fraction of sp³-hybridized carbons (Fsp3) is 0.222. The monoisotopic (exact) mass is 571 g/mol. The molecule has 1 aromatic heterocycles. The van der Waals surface area contributed by atoms with Crippen LogP contribution in [-0.4, -0.2) is 23.0 Å². The molecule has 6 nitrogen and oxygen atoms in total. The van der Waals surface area contributed by atoms with Gasteiger partial charge in [-0.3, -0.25) is 4.79 Å². The summed E-state index contributed by atoms with van der Waals surface area (Å²) in [6, 6.07) is 15.0. The third-order valence-electron chi connectivity index (χ3n) is 5.54. The smallest absolute Gasteiger partial charge is 0.282 e. The van der Waals surface area contributed by atoms with E-state index >= 15 is 0 Å². The molecule has 0 amide bonds. The minimum Gasteiger partial charge on any atom is -0.493 e. The average Bonchev–Trinajstić information content (AvgIpc) is 2.87. The molecule has 0 radical (unpaired) electrons. The van der Waals surface area contributed by atoms with Crippen LogP contribution in [0.1, 0.15) is 36.7 Å². The zero-order valence-corrected chi connectivity index (χ0v) is 22.1. The molecule has 9 heteroatoms. The third-order valence-corrected chi connectivity index (χ3v) is 6.25. The van der Waals surface area contributed by atoms with Gasteiger partial charge in [0.15, 0.2) is 11.5 Å². The number of halogens is 3. The van der Waals surface area contributed by atoms with Crippen LogP contribution in [0.3, 0.4) is 0 Å². The average molecular weight is 573 g/mol. The number of nitrogens with zero attached hydrogens (tertiary/aromatic N) is 3. The molecule has 0 aliphatic carbocycles. The highest BCUT2D eigenvalue weighted by Crippen LogP contribution is 2.34. The lowest BCUT2D eigenvalue weighted by Gasteiger charge is -2.15. The van der Waals surface area contributed by atoms with Gasteiger partial charge in [0.25, 0.3) is 5.56 Å². The van der Waals surface area contributed by atoms with E-state index in [2.05, 4.69) is 28.0 Å². The van der Waals surface area contributed by atoms with Gasteiger partial charge < -0.3 is 9.47 Å². The van der Waals surface area contributed by atoms with Crippen LogP contribution in [0.4, 0.5) is 4.39 Å². The molecular formula is C27H24BrClFN3O3. The summed E-state index contributed by atoms with van der Waals surface area (Å²) in [5.74, 6) is 0.866. The molecule has 36 heavy (non-hydrogen) atoms. The van der Waals surface area contributed by atoms with Crippen LogP contribution in [-0.2, 0) is 13.0 Å². The van der Waals surface area contributed by atoms with Gasteiger partial charge in [-0.2, -0.15) is 9.78 Å². The molecular weight excluding hydrogens is 549 g/mol. The van der Waals surface area contributed by atoms with Gasteiger partial charge in [-0.05, 0) is 36.8 Å². The lowest BCUT2D eigenvalue weighted by Crippen LogP contribution is -2.22. The van der Waals surface area contributed by atoms with E-state index in [1.807, 2.05) is 6.07 Å². The Labute approximate surface area is 221 Å². The molecule has 0 N–H and O–H groups in total. The molecule has 0 saturated carbocycles. The summed E-state index contributed by atoms with van der Waals surface area (Å²) in [6.07, 6.45) is 3.86. The minimum absolute atomic E-state index is 0.0290. The Morgan fingerprint density at radius 1 is 1.19 bits per heavy atom. The van der Waals surface area contributed by atoms with Crippen molar-refractivity contribution in [2.75, 3.05) is 7.11 Å². The summed E-state index contributed by atoms with van der Waals surface area (Å²) in [5, 5.41) is 5.33. The van der Waals surface area contributed by atoms with Gasteiger partial charge in [0.05, 0.1) is 24.2 Å². The summed E-state index contributed by atoms with van der Waals surface area (Å²) in [5.41, 5.74) is 1.18. The summed E-state index contributed by atoms with van der Waals surface area (Å²) >= 11 is 9.72. The van der Waals surface area contributed by atoms with Crippen molar-refractivity contribution in [2.24, 2.45) is 5.10 Å². The predicted octanol–water partition coefficient (Wildman–Crippen LogP) is 6.76. The van der Waals surface area contributed by atoms with Crippen LogP contribution in [0.25, 0.3) is 10.9 Å². The van der Waals surface area contributed by atoms with Gasteiger partial charge in [0, 0.05) is 33.1 Å². The van der Waals surface area contributed by atoms with Crippen LogP contribution < -0.4 is 15.0 Å². The van der Waals surface area contributed by atoms with Gasteiger partial charge in [-0.1, -0.05) is 59.1 Å². The lowest BCUT2D eigenvalue weighted by atomic mass is 10.2. The Morgan fingerprint density at radius 3 is 2.75 bits per heavy atom. The maximum absolute atomic E-state index is 14.1. The first-order valence-corrected chi connectivity index (χ1v) is 12.6. The highest BCUT2D eigenvalue weighted by Gasteiger charge is 2.15. The number of ether oxygens (including phenoxy) is 2. The molecule has 4 rings (SSSR count). The summed E-state index contributed by atoms with van der Waals surface area (Å²) in [4.78, 5) is 18.1. The van der Waals surface area contributed by atoms with Gasteiger partial charge in [-0.15, -0.1) is 0 Å². The van der Waals surface area contributed by atoms with Gasteiger partial charge >= 0.3 is 0 Å². The summed E-state index contributed by atoms with van der Waals surface area (Å²) in [7, 11) is 1.49. The van der Waals surface area contributed by atoms with E-state index in [0.29, 0.717) is 50.8 Å². The second kappa shape index (κ2) is 11.7. The molecule has 4 aromatic rings. The van der Waals surface area contributed by atoms with Crippen molar-refractivity contribution in [1.29, 1.82) is 0 Å². The zero-order chi connectivity index (χ0) is 25.7. The largest absolute Gasteiger partial charge is 0.493 e. The number of benzene rings is 3. The van der Waals surface area contributed by atoms with E-state index in [-0.39, 0.29) is 18.0 Å². The van der Waals surface area contributed by atoms with E-state index < -0.39 is 0 Å². The molecule has 0 fully saturated rings. The van der Waals surface area contributed by atoms with Crippen LogP contribution in [0, 0.1) is 5.82 Å². The SMILES string of the molecule is CCCCc1nc2ccc(Br)cc2c(=O)n1N=Cc1cc(Cl)cc(OC)c1OCc1ccccc1F. The Bertz CT molecular complexity index is 1490. The van der Waals surface area contributed by atoms with E-state index in [0.717, 1.165) is 17.3 Å². The van der Waals surface area contributed by atoms with Crippen molar-refractivity contribution in [3.05, 3.63) is 97.2 Å². The summed E-state index contributed by atoms with van der Waals surface area (Å²) < 4.78 is 27.6. The fourth-order valence-corrected chi connectivity index (χ4v) is 4.26. The van der Waals surface area contributed by atoms with Crippen molar-refractivity contribution < 1.29 is 13.9 Å². The van der Waals surface area contributed by atoms with Crippen LogP contribution in [0.15, 0.2) is 69.0 Å². The Hall–Kier alpha value is -3.23. The lowest BCUT2D eigenvalue weighted by molar-refractivity contribution is 0.279. The number of fused-ring (bicyclic) bond motifs is 1. The van der Waals surface area contributed by atoms with Gasteiger partial charge in [0.2, 0.25) is 0 Å². The minimum atomic E-state index is -0.374. The van der Waals surface area contributed by atoms with E-state index in [4.69, 9.17) is 26.1 Å². The second-order valence-corrected chi connectivity index (χ2v) is 9.41. The number of hydrogen-bond donors (Lipinski definition) is 0. The Kier molecular flexibility index (Phi) is 8.38. The fourth-order valence-electron chi connectivity index (χ4n) is 3.69. The zero-order valence-electron chi connectivity index (χ0n) is 19.8. The number of aryl methyl sites for hydroxylation is 1. The Balaban J connectivity index is 1.78. The van der Waals surface area contributed by atoms with Gasteiger partial charge in [0.1, 0.15) is 18.2 Å². The number of unbranched alkanes of at least 4 members (excludes halogenated alkanes) is 1. The number of hydrogen-bond acceptors (Lipinski definition) is 5. The first-order chi connectivity index (χ1) is 17.4. The van der Waals surface area contributed by atoms with E-state index in [9.17, 15) is 9.18 Å². The van der Waals surface area contributed by atoms with Crippen molar-refractivity contribution in [3.63, 3.8) is 0 Å². The molecule has 0 spiro atoms. The molecule has 1 heterocycles. The molecule has 0 atom stereocenters. The second-order valence-electron chi connectivity index (χ2n) is 8.06. The van der Waals surface area contributed by atoms with Crippen molar-refractivity contribution in [1.82, 2.24) is 9.66 Å². The highest BCUT2D eigenvalue weighted by atomic mass is 79.9. The van der Waals surface area contributed by atoms with Crippen molar-refractivity contribution >= 4 is 44.6 Å². The molecule has 0 unspecified atom stereocenters. The van der Waals surface area contributed by atoms with Crippen molar-refractivity contribution in [3.8, 4) is 11.5 Å². The first kappa shape index (κ1) is 25.9. The molecule has 0 aliphatic heterocycles. The molecule has 3 aromatic carbocycles. The molecule has 0 bridgehead atoms. The first-order valence-electron chi connectivity index (χ1n) is 11.4. The van der Waals surface area contributed by atoms with Crippen LogP contribution >= 0.6 is 27.5 Å². The quantitative estimate of drug-likeness (QED) is 0.208. The Morgan fingerprint density at radius 2 is 2.00 bits per heavy atom.